The Balaban J connectivity index is 1.65. The van der Waals surface area contributed by atoms with Gasteiger partial charge in [-0.15, -0.1) is 0 Å². The van der Waals surface area contributed by atoms with Crippen molar-refractivity contribution in [2.45, 2.75) is 45.1 Å². The Labute approximate surface area is 244 Å². The smallest absolute Gasteiger partial charge is 0.254 e. The van der Waals surface area contributed by atoms with Crippen LogP contribution in [-0.4, -0.2) is 90.6 Å². The molecule has 0 bridgehead atoms. The van der Waals surface area contributed by atoms with E-state index in [2.05, 4.69) is 6.92 Å². The number of amides is 2. The second-order valence-corrected chi connectivity index (χ2v) is 11.4. The second-order valence-electron chi connectivity index (χ2n) is 11.4. The average Bonchev–Trinajstić information content (AvgIpc) is 3.01. The Kier molecular flexibility index (Phi) is 10.3. The molecule has 0 fully saturated rings. The molecule has 1 N–H and O–H groups in total. The third-order valence-electron chi connectivity index (χ3n) is 8.10. The van der Waals surface area contributed by atoms with E-state index < -0.39 is 0 Å². The van der Waals surface area contributed by atoms with Gasteiger partial charge in [0.05, 0.1) is 31.4 Å². The van der Waals surface area contributed by atoms with E-state index in [0.29, 0.717) is 31.7 Å². The third kappa shape index (κ3) is 7.22. The lowest BCUT2D eigenvalue weighted by Gasteiger charge is -2.36. The zero-order chi connectivity index (χ0) is 29.5. The van der Waals surface area contributed by atoms with Gasteiger partial charge < -0.3 is 19.6 Å². The molecule has 7 nitrogen and oxygen atoms in total. The molecule has 2 amide bonds. The number of likely N-dealkylation sites (N-methyl/N-ethyl adjacent to an activating group) is 2. The summed E-state index contributed by atoms with van der Waals surface area (Å²) in [7, 11) is 5.69. The Hall–Kier alpha value is -3.52. The Morgan fingerprint density at radius 3 is 2.22 bits per heavy atom. The number of benzene rings is 3. The molecule has 1 aliphatic rings. The maximum atomic E-state index is 14.0. The van der Waals surface area contributed by atoms with Gasteiger partial charge in [0.2, 0.25) is 5.91 Å². The molecular weight excluding hydrogens is 514 g/mol. The summed E-state index contributed by atoms with van der Waals surface area (Å²) in [6, 6.07) is 25.0. The summed E-state index contributed by atoms with van der Waals surface area (Å²) in [5, 5.41) is 10.1. The van der Waals surface area contributed by atoms with Crippen LogP contribution in [0.2, 0.25) is 0 Å². The molecule has 0 radical (unpaired) electrons. The van der Waals surface area contributed by atoms with Gasteiger partial charge in [-0.2, -0.15) is 0 Å². The fourth-order valence-electron chi connectivity index (χ4n) is 5.49. The van der Waals surface area contributed by atoms with E-state index in [9.17, 15) is 14.7 Å². The molecule has 0 unspecified atom stereocenters. The largest absolute Gasteiger partial charge is 0.394 e. The predicted molar refractivity (Wildman–Crippen MR) is 162 cm³/mol. The molecule has 4 rings (SSSR count). The number of aliphatic hydroxyl groups excluding tert-OH is 1. The van der Waals surface area contributed by atoms with Gasteiger partial charge >= 0.3 is 0 Å². The molecule has 0 saturated carbocycles. The zero-order valence-electron chi connectivity index (χ0n) is 24.9. The van der Waals surface area contributed by atoms with Gasteiger partial charge in [0, 0.05) is 31.6 Å². The summed E-state index contributed by atoms with van der Waals surface area (Å²) >= 11 is 0. The normalized spacial score (nSPS) is 19.1. The first-order valence-corrected chi connectivity index (χ1v) is 14.4. The monoisotopic (exact) mass is 557 g/mol. The quantitative estimate of drug-likeness (QED) is 0.446. The highest BCUT2D eigenvalue weighted by molar-refractivity contribution is 6.01. The SMILES string of the molecule is C[C@@H]1CN([C@@H](C)CO)C(=O)c2ccccc2-c2ccccc2CO[C@@H]1CN(C)C(=O)[C@@H](Cc1ccccc1)N(C)C. The maximum Gasteiger partial charge on any atom is 0.254 e. The number of fused-ring (bicyclic) bond motifs is 3. The van der Waals surface area contributed by atoms with Crippen molar-refractivity contribution in [3.8, 4) is 11.1 Å². The summed E-state index contributed by atoms with van der Waals surface area (Å²) in [6.45, 7) is 4.88. The lowest BCUT2D eigenvalue weighted by atomic mass is 9.94. The summed E-state index contributed by atoms with van der Waals surface area (Å²) in [6.07, 6.45) is 0.277. The first kappa shape index (κ1) is 30.4. The summed E-state index contributed by atoms with van der Waals surface area (Å²) in [5.74, 6) is -0.203. The topological polar surface area (TPSA) is 73.3 Å². The number of hydrogen-bond acceptors (Lipinski definition) is 5. The van der Waals surface area contributed by atoms with Crippen molar-refractivity contribution in [1.29, 1.82) is 0 Å². The first-order valence-electron chi connectivity index (χ1n) is 14.4. The van der Waals surface area contributed by atoms with Gasteiger partial charge in [-0.3, -0.25) is 14.5 Å². The standard InChI is InChI=1S/C34H43N3O4/c1-24-20-37(25(2)22-38)33(39)30-18-12-11-17-29(30)28-16-10-9-15-27(28)23-41-32(24)21-36(5)34(40)31(35(3)4)19-26-13-7-6-8-14-26/h6-18,24-25,31-32,38H,19-23H2,1-5H3/t24-,25+,31-,32-/m1/s1. The van der Waals surface area contributed by atoms with Crippen LogP contribution >= 0.6 is 0 Å². The van der Waals surface area contributed by atoms with Crippen LogP contribution in [0.1, 0.15) is 35.3 Å². The minimum atomic E-state index is -0.377. The van der Waals surface area contributed by atoms with Gasteiger partial charge in [-0.05, 0) is 55.8 Å². The molecule has 1 heterocycles. The third-order valence-corrected chi connectivity index (χ3v) is 8.10. The number of ether oxygens (including phenoxy) is 1. The highest BCUT2D eigenvalue weighted by Gasteiger charge is 2.32. The minimum Gasteiger partial charge on any atom is -0.394 e. The van der Waals surface area contributed by atoms with Gasteiger partial charge in [0.25, 0.3) is 5.91 Å². The molecule has 7 heteroatoms. The summed E-state index contributed by atoms with van der Waals surface area (Å²) < 4.78 is 6.60. The van der Waals surface area contributed by atoms with Crippen LogP contribution in [0.25, 0.3) is 11.1 Å². The number of carbonyl (C=O) groups excluding carboxylic acids is 2. The van der Waals surface area contributed by atoms with Crippen molar-refractivity contribution in [1.82, 2.24) is 14.7 Å². The van der Waals surface area contributed by atoms with E-state index >= 15 is 0 Å². The number of rotatable bonds is 8. The molecule has 41 heavy (non-hydrogen) atoms. The van der Waals surface area contributed by atoms with E-state index in [1.165, 1.54) is 0 Å². The van der Waals surface area contributed by atoms with Crippen LogP contribution in [0, 0.1) is 5.92 Å². The van der Waals surface area contributed by atoms with E-state index in [0.717, 1.165) is 22.3 Å². The van der Waals surface area contributed by atoms with Crippen molar-refractivity contribution in [3.05, 3.63) is 95.6 Å². The second kappa shape index (κ2) is 13.9. The molecule has 0 aliphatic carbocycles. The number of hydrogen-bond donors (Lipinski definition) is 1. The molecule has 3 aromatic rings. The van der Waals surface area contributed by atoms with Crippen molar-refractivity contribution in [2.24, 2.45) is 5.92 Å². The van der Waals surface area contributed by atoms with Crippen LogP contribution in [0.15, 0.2) is 78.9 Å². The lowest BCUT2D eigenvalue weighted by molar-refractivity contribution is -0.137. The van der Waals surface area contributed by atoms with Gasteiger partial charge in [0.15, 0.2) is 0 Å². The fourth-order valence-corrected chi connectivity index (χ4v) is 5.49. The average molecular weight is 558 g/mol. The van der Waals surface area contributed by atoms with Crippen LogP contribution in [0.3, 0.4) is 0 Å². The van der Waals surface area contributed by atoms with Crippen LogP contribution in [0.4, 0.5) is 0 Å². The molecule has 0 spiro atoms. The van der Waals surface area contributed by atoms with Crippen LogP contribution in [-0.2, 0) is 22.6 Å². The number of aliphatic hydroxyl groups is 1. The van der Waals surface area contributed by atoms with Crippen LogP contribution < -0.4 is 0 Å². The number of carbonyl (C=O) groups is 2. The van der Waals surface area contributed by atoms with Crippen molar-refractivity contribution < 1.29 is 19.4 Å². The lowest BCUT2D eigenvalue weighted by Crippen LogP contribution is -2.50. The maximum absolute atomic E-state index is 14.0. The van der Waals surface area contributed by atoms with Crippen molar-refractivity contribution >= 4 is 11.8 Å². The Morgan fingerprint density at radius 2 is 1.56 bits per heavy atom. The Bertz CT molecular complexity index is 1310. The fraction of sp³-hybridized carbons (Fsp3) is 0.412. The van der Waals surface area contributed by atoms with E-state index in [4.69, 9.17) is 4.74 Å². The number of nitrogens with zero attached hydrogens (tertiary/aromatic N) is 3. The van der Waals surface area contributed by atoms with Crippen LogP contribution in [0.5, 0.6) is 0 Å². The van der Waals surface area contributed by atoms with Crippen molar-refractivity contribution in [2.75, 3.05) is 40.8 Å². The molecular formula is C34H43N3O4. The highest BCUT2D eigenvalue weighted by atomic mass is 16.5. The zero-order valence-corrected chi connectivity index (χ0v) is 24.9. The molecule has 218 valence electrons. The molecule has 0 saturated heterocycles. The first-order chi connectivity index (χ1) is 19.7. The molecule has 4 atom stereocenters. The summed E-state index contributed by atoms with van der Waals surface area (Å²) in [4.78, 5) is 33.2. The highest BCUT2D eigenvalue weighted by Crippen LogP contribution is 2.31. The predicted octanol–water partition coefficient (Wildman–Crippen LogP) is 4.34. The van der Waals surface area contributed by atoms with E-state index in [-0.39, 0.29) is 42.5 Å². The van der Waals surface area contributed by atoms with Crippen molar-refractivity contribution in [3.63, 3.8) is 0 Å². The minimum absolute atomic E-state index is 0.0217. The van der Waals surface area contributed by atoms with Gasteiger partial charge in [-0.25, -0.2) is 0 Å². The molecule has 3 aromatic carbocycles. The Morgan fingerprint density at radius 1 is 0.951 bits per heavy atom. The van der Waals surface area contributed by atoms with Gasteiger partial charge in [-0.1, -0.05) is 79.7 Å². The van der Waals surface area contributed by atoms with E-state index in [1.54, 1.807) is 9.80 Å². The van der Waals surface area contributed by atoms with E-state index in [1.807, 2.05) is 112 Å². The molecule has 0 aromatic heterocycles. The summed E-state index contributed by atoms with van der Waals surface area (Å²) in [5.41, 5.74) is 4.49. The van der Waals surface area contributed by atoms with Gasteiger partial charge in [0.1, 0.15) is 0 Å². The molecule has 1 aliphatic heterocycles.